The Balaban J connectivity index is 0.00000242. The molecule has 0 aliphatic rings. The third-order valence-corrected chi connectivity index (χ3v) is 5.08. The molecule has 4 nitrogen and oxygen atoms in total. The Hall–Kier alpha value is -0.950. The molecule has 0 aliphatic heterocycles. The first-order chi connectivity index (χ1) is 10.1. The van der Waals surface area contributed by atoms with Crippen LogP contribution in [0.1, 0.15) is 29.7 Å². The summed E-state index contributed by atoms with van der Waals surface area (Å²) in [6, 6.07) is 3.82. The SMILES string of the molecule is CCCC(N)C(=O)NCCc1ccc(-c2csc(C)n2)s1.Cl. The van der Waals surface area contributed by atoms with Crippen LogP contribution >= 0.6 is 35.1 Å². The highest BCUT2D eigenvalue weighted by atomic mass is 35.5. The van der Waals surface area contributed by atoms with Gasteiger partial charge in [-0.2, -0.15) is 0 Å². The molecule has 2 heterocycles. The van der Waals surface area contributed by atoms with Crippen molar-refractivity contribution < 1.29 is 4.79 Å². The van der Waals surface area contributed by atoms with Crippen molar-refractivity contribution in [1.29, 1.82) is 0 Å². The molecule has 7 heteroatoms. The fourth-order valence-corrected chi connectivity index (χ4v) is 3.66. The van der Waals surface area contributed by atoms with Gasteiger partial charge in [0.15, 0.2) is 0 Å². The molecule has 22 heavy (non-hydrogen) atoms. The summed E-state index contributed by atoms with van der Waals surface area (Å²) >= 11 is 3.39. The van der Waals surface area contributed by atoms with Crippen molar-refractivity contribution in [1.82, 2.24) is 10.3 Å². The van der Waals surface area contributed by atoms with Crippen molar-refractivity contribution in [2.75, 3.05) is 6.54 Å². The lowest BCUT2D eigenvalue weighted by atomic mass is 10.1. The fourth-order valence-electron chi connectivity index (χ4n) is 2.01. The van der Waals surface area contributed by atoms with Gasteiger partial charge in [-0.05, 0) is 31.9 Å². The minimum atomic E-state index is -0.383. The molecule has 0 aliphatic carbocycles. The van der Waals surface area contributed by atoms with Crippen LogP contribution in [0.3, 0.4) is 0 Å². The average molecular weight is 360 g/mol. The molecule has 1 atom stereocenters. The number of thiazole rings is 1. The third kappa shape index (κ3) is 5.35. The molecule has 0 saturated carbocycles. The molecular weight excluding hydrogens is 338 g/mol. The Kier molecular flexibility index (Phi) is 8.03. The highest BCUT2D eigenvalue weighted by molar-refractivity contribution is 7.16. The van der Waals surface area contributed by atoms with Crippen molar-refractivity contribution in [3.05, 3.63) is 27.4 Å². The Morgan fingerprint density at radius 3 is 2.86 bits per heavy atom. The van der Waals surface area contributed by atoms with Gasteiger partial charge in [0, 0.05) is 16.8 Å². The number of carbonyl (C=O) groups excluding carboxylic acids is 1. The number of hydrogen-bond acceptors (Lipinski definition) is 5. The molecule has 2 rings (SSSR count). The van der Waals surface area contributed by atoms with Crippen LogP contribution in [0.5, 0.6) is 0 Å². The standard InChI is InChI=1S/C15H21N3OS2.ClH/c1-3-4-12(16)15(19)17-8-7-11-5-6-14(21-11)13-9-20-10(2)18-13;/h5-6,9,12H,3-4,7-8,16H2,1-2H3,(H,17,19);1H. The summed E-state index contributed by atoms with van der Waals surface area (Å²) in [5.74, 6) is -0.0521. The largest absolute Gasteiger partial charge is 0.354 e. The van der Waals surface area contributed by atoms with E-state index in [1.807, 2.05) is 13.8 Å². The second kappa shape index (κ2) is 9.25. The van der Waals surface area contributed by atoms with Gasteiger partial charge in [0.05, 0.1) is 21.6 Å². The minimum absolute atomic E-state index is 0. The van der Waals surface area contributed by atoms with Crippen molar-refractivity contribution in [3.63, 3.8) is 0 Å². The van der Waals surface area contributed by atoms with Gasteiger partial charge in [0.2, 0.25) is 5.91 Å². The van der Waals surface area contributed by atoms with Gasteiger partial charge in [-0.15, -0.1) is 35.1 Å². The number of nitrogens with zero attached hydrogens (tertiary/aromatic N) is 1. The van der Waals surface area contributed by atoms with E-state index in [4.69, 9.17) is 5.73 Å². The zero-order chi connectivity index (χ0) is 15.2. The lowest BCUT2D eigenvalue weighted by molar-refractivity contribution is -0.122. The van der Waals surface area contributed by atoms with Crippen molar-refractivity contribution in [2.24, 2.45) is 5.73 Å². The Morgan fingerprint density at radius 1 is 1.45 bits per heavy atom. The van der Waals surface area contributed by atoms with E-state index in [9.17, 15) is 4.79 Å². The zero-order valence-corrected chi connectivity index (χ0v) is 15.2. The molecule has 2 aromatic rings. The third-order valence-electron chi connectivity index (χ3n) is 3.14. The highest BCUT2D eigenvalue weighted by Gasteiger charge is 2.11. The Morgan fingerprint density at radius 2 is 2.23 bits per heavy atom. The number of aromatic nitrogens is 1. The summed E-state index contributed by atoms with van der Waals surface area (Å²) < 4.78 is 0. The number of aryl methyl sites for hydroxylation is 1. The van der Waals surface area contributed by atoms with Gasteiger partial charge >= 0.3 is 0 Å². The maximum absolute atomic E-state index is 11.7. The lowest BCUT2D eigenvalue weighted by Gasteiger charge is -2.10. The molecule has 0 fully saturated rings. The number of thiophene rings is 1. The number of carbonyl (C=O) groups is 1. The molecule has 122 valence electrons. The smallest absolute Gasteiger partial charge is 0.236 e. The number of hydrogen-bond donors (Lipinski definition) is 2. The zero-order valence-electron chi connectivity index (χ0n) is 12.8. The van der Waals surface area contributed by atoms with Crippen LogP contribution in [0, 0.1) is 6.92 Å². The molecule has 0 radical (unpaired) electrons. The predicted molar refractivity (Wildman–Crippen MR) is 97.0 cm³/mol. The normalized spacial score (nSPS) is 11.8. The minimum Gasteiger partial charge on any atom is -0.354 e. The van der Waals surface area contributed by atoms with E-state index in [1.165, 1.54) is 9.75 Å². The highest BCUT2D eigenvalue weighted by Crippen LogP contribution is 2.29. The van der Waals surface area contributed by atoms with E-state index in [0.29, 0.717) is 6.54 Å². The number of halogens is 1. The van der Waals surface area contributed by atoms with Crippen LogP contribution < -0.4 is 11.1 Å². The maximum Gasteiger partial charge on any atom is 0.236 e. The van der Waals surface area contributed by atoms with Gasteiger partial charge in [-0.1, -0.05) is 13.3 Å². The summed E-state index contributed by atoms with van der Waals surface area (Å²) in [6.45, 7) is 4.67. The average Bonchev–Trinajstić information content (AvgIpc) is 3.07. The van der Waals surface area contributed by atoms with E-state index in [0.717, 1.165) is 30.0 Å². The summed E-state index contributed by atoms with van der Waals surface area (Å²) in [6.07, 6.45) is 2.49. The van der Waals surface area contributed by atoms with Crippen LogP contribution in [0.25, 0.3) is 10.6 Å². The van der Waals surface area contributed by atoms with Crippen LogP contribution in [-0.4, -0.2) is 23.5 Å². The van der Waals surface area contributed by atoms with Gasteiger partial charge in [0.25, 0.3) is 0 Å². The van der Waals surface area contributed by atoms with Crippen molar-refractivity contribution >= 4 is 41.0 Å². The maximum atomic E-state index is 11.7. The fraction of sp³-hybridized carbons (Fsp3) is 0.467. The Bertz CT molecular complexity index is 597. The van der Waals surface area contributed by atoms with E-state index >= 15 is 0 Å². The Labute approximate surface area is 145 Å². The molecule has 0 saturated heterocycles. The van der Waals surface area contributed by atoms with Gasteiger partial charge in [-0.3, -0.25) is 4.79 Å². The summed E-state index contributed by atoms with van der Waals surface area (Å²) in [4.78, 5) is 18.6. The van der Waals surface area contributed by atoms with E-state index < -0.39 is 0 Å². The van der Waals surface area contributed by atoms with Crippen LogP contribution in [-0.2, 0) is 11.2 Å². The molecule has 0 bridgehead atoms. The van der Waals surface area contributed by atoms with Crippen molar-refractivity contribution in [2.45, 2.75) is 39.2 Å². The number of nitrogens with two attached hydrogens (primary N) is 1. The van der Waals surface area contributed by atoms with Gasteiger partial charge in [-0.25, -0.2) is 4.98 Å². The molecule has 0 aromatic carbocycles. The second-order valence-corrected chi connectivity index (χ2v) is 7.18. The van der Waals surface area contributed by atoms with Crippen LogP contribution in [0.15, 0.2) is 17.5 Å². The van der Waals surface area contributed by atoms with E-state index in [2.05, 4.69) is 27.8 Å². The first-order valence-electron chi connectivity index (χ1n) is 7.14. The predicted octanol–water partition coefficient (Wildman–Crippen LogP) is 3.39. The molecule has 3 N–H and O–H groups in total. The summed E-state index contributed by atoms with van der Waals surface area (Å²) in [5, 5.41) is 6.06. The van der Waals surface area contributed by atoms with Crippen molar-refractivity contribution in [3.8, 4) is 10.6 Å². The van der Waals surface area contributed by atoms with Crippen LogP contribution in [0.2, 0.25) is 0 Å². The molecule has 1 unspecified atom stereocenters. The monoisotopic (exact) mass is 359 g/mol. The molecular formula is C15H22ClN3OS2. The molecule has 0 spiro atoms. The first-order valence-corrected chi connectivity index (χ1v) is 8.84. The quantitative estimate of drug-likeness (QED) is 0.796. The molecule has 1 amide bonds. The number of nitrogens with one attached hydrogen (secondary N) is 1. The molecule has 2 aromatic heterocycles. The van der Waals surface area contributed by atoms with E-state index in [1.54, 1.807) is 22.7 Å². The summed E-state index contributed by atoms with van der Waals surface area (Å²) in [7, 11) is 0. The number of amides is 1. The second-order valence-electron chi connectivity index (χ2n) is 4.95. The van der Waals surface area contributed by atoms with Crippen LogP contribution in [0.4, 0.5) is 0 Å². The van der Waals surface area contributed by atoms with E-state index in [-0.39, 0.29) is 24.4 Å². The lowest BCUT2D eigenvalue weighted by Crippen LogP contribution is -2.41. The van der Waals surface area contributed by atoms with Gasteiger partial charge in [0.1, 0.15) is 0 Å². The number of rotatable bonds is 7. The van der Waals surface area contributed by atoms with Gasteiger partial charge < -0.3 is 11.1 Å². The topological polar surface area (TPSA) is 68.0 Å². The summed E-state index contributed by atoms with van der Waals surface area (Å²) in [5.41, 5.74) is 6.82. The first kappa shape index (κ1) is 19.1.